The first-order chi connectivity index (χ1) is 13.4. The van der Waals surface area contributed by atoms with Gasteiger partial charge in [-0.05, 0) is 43.7 Å². The molecular formula is C21H33N3O3S. The molecule has 1 aliphatic rings. The van der Waals surface area contributed by atoms with E-state index in [4.69, 9.17) is 0 Å². The number of amides is 1. The van der Waals surface area contributed by atoms with Crippen LogP contribution in [0.15, 0.2) is 35.2 Å². The van der Waals surface area contributed by atoms with Crippen molar-refractivity contribution in [2.45, 2.75) is 50.5 Å². The molecule has 28 heavy (non-hydrogen) atoms. The van der Waals surface area contributed by atoms with E-state index in [9.17, 15) is 13.2 Å². The lowest BCUT2D eigenvalue weighted by atomic mass is 10.2. The van der Waals surface area contributed by atoms with E-state index in [1.165, 1.54) is 36.1 Å². The highest BCUT2D eigenvalue weighted by atomic mass is 32.2. The van der Waals surface area contributed by atoms with E-state index >= 15 is 0 Å². The molecule has 0 aromatic heterocycles. The second-order valence-electron chi connectivity index (χ2n) is 7.20. The maximum absolute atomic E-state index is 12.5. The normalized spacial score (nSPS) is 15.8. The summed E-state index contributed by atoms with van der Waals surface area (Å²) in [5.41, 5.74) is 0.789. The summed E-state index contributed by atoms with van der Waals surface area (Å²) in [7, 11) is -1.33. The third-order valence-corrected chi connectivity index (χ3v) is 7.43. The van der Waals surface area contributed by atoms with Gasteiger partial charge < -0.3 is 10.2 Å². The van der Waals surface area contributed by atoms with E-state index in [1.54, 1.807) is 30.3 Å². The van der Waals surface area contributed by atoms with Crippen LogP contribution in [0.4, 0.5) is 0 Å². The van der Waals surface area contributed by atoms with Gasteiger partial charge in [0.25, 0.3) is 0 Å². The topological polar surface area (TPSA) is 69.7 Å². The highest BCUT2D eigenvalue weighted by Gasteiger charge is 2.21. The predicted molar refractivity (Wildman–Crippen MR) is 113 cm³/mol. The third-order valence-electron chi connectivity index (χ3n) is 5.36. The molecule has 1 aliphatic carbocycles. The van der Waals surface area contributed by atoms with Gasteiger partial charge in [-0.2, -0.15) is 4.31 Å². The molecule has 0 spiro atoms. The number of benzene rings is 1. The minimum atomic E-state index is -3.45. The van der Waals surface area contributed by atoms with Crippen LogP contribution in [0.1, 0.15) is 45.1 Å². The van der Waals surface area contributed by atoms with E-state index in [0.717, 1.165) is 12.1 Å². The van der Waals surface area contributed by atoms with Crippen LogP contribution in [0.2, 0.25) is 0 Å². The summed E-state index contributed by atoms with van der Waals surface area (Å²) in [5.74, 6) is -0.139. The zero-order valence-electron chi connectivity index (χ0n) is 17.2. The van der Waals surface area contributed by atoms with Crippen molar-refractivity contribution in [3.63, 3.8) is 0 Å². The number of nitrogens with one attached hydrogen (secondary N) is 1. The minimum Gasteiger partial charge on any atom is -0.351 e. The number of carbonyl (C=O) groups excluding carboxylic acids is 1. The highest BCUT2D eigenvalue weighted by molar-refractivity contribution is 7.89. The van der Waals surface area contributed by atoms with Crippen molar-refractivity contribution in [3.8, 4) is 0 Å². The van der Waals surface area contributed by atoms with Crippen LogP contribution in [0, 0.1) is 0 Å². The van der Waals surface area contributed by atoms with Gasteiger partial charge in [0.1, 0.15) is 0 Å². The number of hydrogen-bond acceptors (Lipinski definition) is 4. The van der Waals surface area contributed by atoms with Crippen LogP contribution >= 0.6 is 0 Å². The van der Waals surface area contributed by atoms with Crippen molar-refractivity contribution in [1.29, 1.82) is 0 Å². The highest BCUT2D eigenvalue weighted by Crippen LogP contribution is 2.21. The summed E-state index contributed by atoms with van der Waals surface area (Å²) < 4.78 is 26.4. The summed E-state index contributed by atoms with van der Waals surface area (Å²) in [6.45, 7) is 6.00. The second-order valence-corrected chi connectivity index (χ2v) is 9.14. The lowest BCUT2D eigenvalue weighted by Gasteiger charge is -2.23. The van der Waals surface area contributed by atoms with E-state index in [-0.39, 0.29) is 10.8 Å². The van der Waals surface area contributed by atoms with E-state index in [2.05, 4.69) is 17.3 Å². The summed E-state index contributed by atoms with van der Waals surface area (Å²) in [5, 5.41) is 2.90. The van der Waals surface area contributed by atoms with E-state index in [0.29, 0.717) is 25.7 Å². The van der Waals surface area contributed by atoms with Gasteiger partial charge in [0.05, 0.1) is 4.90 Å². The quantitative estimate of drug-likeness (QED) is 0.606. The molecule has 0 radical (unpaired) electrons. The number of hydrogen-bond donors (Lipinski definition) is 1. The van der Waals surface area contributed by atoms with Crippen LogP contribution in [0.25, 0.3) is 6.08 Å². The Morgan fingerprint density at radius 1 is 1.14 bits per heavy atom. The molecule has 1 N–H and O–H groups in total. The van der Waals surface area contributed by atoms with Gasteiger partial charge in [-0.3, -0.25) is 4.79 Å². The average Bonchev–Trinajstić information content (AvgIpc) is 3.22. The van der Waals surface area contributed by atoms with Gasteiger partial charge in [-0.1, -0.05) is 38.8 Å². The van der Waals surface area contributed by atoms with Crippen molar-refractivity contribution in [2.75, 3.05) is 33.2 Å². The molecule has 1 aromatic rings. The maximum Gasteiger partial charge on any atom is 0.244 e. The van der Waals surface area contributed by atoms with Crippen LogP contribution in [0.5, 0.6) is 0 Å². The summed E-state index contributed by atoms with van der Waals surface area (Å²) in [6, 6.07) is 7.25. The lowest BCUT2D eigenvalue weighted by molar-refractivity contribution is -0.116. The van der Waals surface area contributed by atoms with Crippen molar-refractivity contribution in [1.82, 2.24) is 14.5 Å². The summed E-state index contributed by atoms with van der Waals surface area (Å²) >= 11 is 0. The van der Waals surface area contributed by atoms with Gasteiger partial charge in [-0.15, -0.1) is 0 Å². The van der Waals surface area contributed by atoms with Gasteiger partial charge in [0, 0.05) is 38.3 Å². The molecule has 1 aromatic carbocycles. The van der Waals surface area contributed by atoms with Crippen molar-refractivity contribution in [2.24, 2.45) is 0 Å². The Kier molecular flexibility index (Phi) is 8.66. The number of rotatable bonds is 10. The first-order valence-corrected chi connectivity index (χ1v) is 11.6. The molecule has 6 nitrogen and oxygen atoms in total. The van der Waals surface area contributed by atoms with Crippen LogP contribution in [-0.4, -0.2) is 62.8 Å². The smallest absolute Gasteiger partial charge is 0.244 e. The van der Waals surface area contributed by atoms with E-state index < -0.39 is 10.0 Å². The second kappa shape index (κ2) is 10.7. The molecule has 2 rings (SSSR count). The van der Waals surface area contributed by atoms with Crippen molar-refractivity contribution < 1.29 is 13.2 Å². The largest absolute Gasteiger partial charge is 0.351 e. The number of sulfonamides is 1. The molecule has 156 valence electrons. The van der Waals surface area contributed by atoms with Gasteiger partial charge in [0.15, 0.2) is 0 Å². The molecular weight excluding hydrogens is 374 g/mol. The zero-order chi connectivity index (χ0) is 20.6. The third kappa shape index (κ3) is 6.15. The van der Waals surface area contributed by atoms with Gasteiger partial charge in [-0.25, -0.2) is 8.42 Å². The standard InChI is InChI=1S/C21H33N3O3S/c1-4-24(5-2)28(26,27)20-13-10-18(11-14-20)12-15-21(25)22-16-17-23(3)19-8-6-7-9-19/h10-15,19H,4-9,16-17H2,1-3H3,(H,22,25)/b15-12+. The lowest BCUT2D eigenvalue weighted by Crippen LogP contribution is -2.36. The number of nitrogens with zero attached hydrogens (tertiary/aromatic N) is 2. The minimum absolute atomic E-state index is 0.139. The fraction of sp³-hybridized carbons (Fsp3) is 0.571. The van der Waals surface area contributed by atoms with Gasteiger partial charge in [0.2, 0.25) is 15.9 Å². The zero-order valence-corrected chi connectivity index (χ0v) is 18.0. The number of carbonyl (C=O) groups is 1. The van der Waals surface area contributed by atoms with Crippen LogP contribution in [-0.2, 0) is 14.8 Å². The van der Waals surface area contributed by atoms with Gasteiger partial charge >= 0.3 is 0 Å². The SMILES string of the molecule is CCN(CC)S(=O)(=O)c1ccc(/C=C/C(=O)NCCN(C)C2CCCC2)cc1. The monoisotopic (exact) mass is 407 g/mol. The van der Waals surface area contributed by atoms with Crippen molar-refractivity contribution >= 4 is 22.0 Å². The molecule has 1 fully saturated rings. The van der Waals surface area contributed by atoms with Crippen LogP contribution < -0.4 is 5.32 Å². The Labute approximate surface area is 169 Å². The molecule has 0 saturated heterocycles. The molecule has 1 saturated carbocycles. The number of likely N-dealkylation sites (N-methyl/N-ethyl adjacent to an activating group) is 1. The Bertz CT molecular complexity index is 750. The molecule has 0 aliphatic heterocycles. The predicted octanol–water partition coefficient (Wildman–Crippen LogP) is 2.72. The molecule has 1 amide bonds. The fourth-order valence-electron chi connectivity index (χ4n) is 3.58. The first-order valence-electron chi connectivity index (χ1n) is 10.1. The fourth-order valence-corrected chi connectivity index (χ4v) is 5.04. The Morgan fingerprint density at radius 3 is 2.32 bits per heavy atom. The average molecular weight is 408 g/mol. The van der Waals surface area contributed by atoms with Crippen molar-refractivity contribution in [3.05, 3.63) is 35.9 Å². The molecule has 7 heteroatoms. The Balaban J connectivity index is 1.84. The van der Waals surface area contributed by atoms with E-state index in [1.807, 2.05) is 13.8 Å². The molecule has 0 bridgehead atoms. The Hall–Kier alpha value is -1.70. The summed E-state index contributed by atoms with van der Waals surface area (Å²) in [4.78, 5) is 14.6. The molecule has 0 heterocycles. The Morgan fingerprint density at radius 2 is 1.75 bits per heavy atom. The van der Waals surface area contributed by atoms with Crippen LogP contribution in [0.3, 0.4) is 0 Å². The molecule has 0 unspecified atom stereocenters. The maximum atomic E-state index is 12.5. The molecule has 0 atom stereocenters. The first kappa shape index (κ1) is 22.6. The summed E-state index contributed by atoms with van der Waals surface area (Å²) in [6.07, 6.45) is 8.31.